The van der Waals surface area contributed by atoms with E-state index in [1.165, 1.54) is 0 Å². The summed E-state index contributed by atoms with van der Waals surface area (Å²) in [6, 6.07) is 9.49. The summed E-state index contributed by atoms with van der Waals surface area (Å²) in [4.78, 5) is 29.3. The second-order valence-electron chi connectivity index (χ2n) is 9.78. The number of hydrogen-bond acceptors (Lipinski definition) is 8. The van der Waals surface area contributed by atoms with Gasteiger partial charge in [0.25, 0.3) is 11.5 Å². The van der Waals surface area contributed by atoms with Gasteiger partial charge in [0.15, 0.2) is 5.76 Å². The number of morpholine rings is 1. The molecule has 1 aromatic carbocycles. The highest BCUT2D eigenvalue weighted by Crippen LogP contribution is 2.39. The second kappa shape index (κ2) is 14.6. The minimum Gasteiger partial charge on any atom is -0.459 e. The molecule has 1 saturated heterocycles. The number of carbonyl (C=O) groups excluding carboxylic acids is 1. The first-order chi connectivity index (χ1) is 19.5. The molecule has 40 heavy (non-hydrogen) atoms. The first-order valence-electron chi connectivity index (χ1n) is 13.9. The molecule has 1 fully saturated rings. The van der Waals surface area contributed by atoms with Crippen molar-refractivity contribution in [3.63, 3.8) is 0 Å². The van der Waals surface area contributed by atoms with E-state index in [4.69, 9.17) is 28.8 Å². The van der Waals surface area contributed by atoms with Crippen molar-refractivity contribution in [3.05, 3.63) is 63.8 Å². The molecule has 2 aliphatic heterocycles. The third-order valence-corrected chi connectivity index (χ3v) is 7.36. The standard InChI is InChI=1S/C29H41N3O8/c1-4-39-29-23(10-14-36-18-19-38-17-13-33)24(20-25(40-29)27(34)31-11-15-37-16-12-31)26-21(2)30(3)32(28(26)35)22-8-6-5-7-9-22/h5-9,20,23-24,29,33H,4,10-19H2,1-3H3/t23-,24-,29+/m0/s1. The maximum absolute atomic E-state index is 14.0. The van der Waals surface area contributed by atoms with E-state index in [9.17, 15) is 9.59 Å². The molecule has 3 atom stereocenters. The molecular formula is C29H41N3O8. The fourth-order valence-electron chi connectivity index (χ4n) is 5.27. The summed E-state index contributed by atoms with van der Waals surface area (Å²) in [5.74, 6) is -0.764. The maximum Gasteiger partial charge on any atom is 0.288 e. The van der Waals surface area contributed by atoms with Gasteiger partial charge in [0.05, 0.1) is 45.3 Å². The van der Waals surface area contributed by atoms with E-state index < -0.39 is 12.2 Å². The molecule has 11 nitrogen and oxygen atoms in total. The van der Waals surface area contributed by atoms with Crippen LogP contribution in [0.3, 0.4) is 0 Å². The molecule has 0 saturated carbocycles. The van der Waals surface area contributed by atoms with Gasteiger partial charge in [0.2, 0.25) is 6.29 Å². The average Bonchev–Trinajstić information content (AvgIpc) is 3.20. The SMILES string of the molecule is CCO[C@@H]1OC(C(=O)N2CCOCC2)=C[C@H](c2c(C)n(C)n(-c3ccccc3)c2=O)[C@@H]1CCOCCOCCO. The number of aromatic nitrogens is 2. The normalized spacial score (nSPS) is 21.2. The van der Waals surface area contributed by atoms with Crippen molar-refractivity contribution in [1.29, 1.82) is 0 Å². The Hall–Kier alpha value is -2.96. The average molecular weight is 560 g/mol. The van der Waals surface area contributed by atoms with Crippen LogP contribution in [0.2, 0.25) is 0 Å². The van der Waals surface area contributed by atoms with Crippen LogP contribution in [0, 0.1) is 12.8 Å². The zero-order valence-corrected chi connectivity index (χ0v) is 23.6. The Balaban J connectivity index is 1.69. The Morgan fingerprint density at radius 2 is 1.77 bits per heavy atom. The Morgan fingerprint density at radius 3 is 2.45 bits per heavy atom. The summed E-state index contributed by atoms with van der Waals surface area (Å²) in [7, 11) is 1.86. The number of benzene rings is 1. The maximum atomic E-state index is 14.0. The number of aliphatic hydroxyl groups excluding tert-OH is 1. The van der Waals surface area contributed by atoms with Gasteiger partial charge in [0, 0.05) is 56.4 Å². The Morgan fingerprint density at radius 1 is 1.07 bits per heavy atom. The second-order valence-corrected chi connectivity index (χ2v) is 9.78. The number of carbonyl (C=O) groups is 1. The quantitative estimate of drug-likeness (QED) is 0.369. The van der Waals surface area contributed by atoms with Crippen LogP contribution >= 0.6 is 0 Å². The van der Waals surface area contributed by atoms with Gasteiger partial charge in [0.1, 0.15) is 0 Å². The molecule has 3 heterocycles. The number of hydrogen-bond donors (Lipinski definition) is 1. The number of ether oxygens (including phenoxy) is 5. The van der Waals surface area contributed by atoms with Crippen molar-refractivity contribution in [3.8, 4) is 5.69 Å². The molecule has 0 bridgehead atoms. The van der Waals surface area contributed by atoms with Crippen LogP contribution in [-0.2, 0) is 35.5 Å². The molecule has 0 aliphatic carbocycles. The van der Waals surface area contributed by atoms with Crippen LogP contribution in [0.25, 0.3) is 5.69 Å². The van der Waals surface area contributed by atoms with Crippen molar-refractivity contribution >= 4 is 5.91 Å². The highest BCUT2D eigenvalue weighted by atomic mass is 16.7. The fourth-order valence-corrected chi connectivity index (χ4v) is 5.27. The summed E-state index contributed by atoms with van der Waals surface area (Å²) in [6.45, 7) is 7.43. The van der Waals surface area contributed by atoms with E-state index >= 15 is 0 Å². The van der Waals surface area contributed by atoms with Gasteiger partial charge < -0.3 is 33.7 Å². The van der Waals surface area contributed by atoms with E-state index in [1.54, 1.807) is 15.7 Å². The first kappa shape index (κ1) is 30.0. The predicted octanol–water partition coefficient (Wildman–Crippen LogP) is 1.74. The number of nitrogens with zero attached hydrogens (tertiary/aromatic N) is 3. The summed E-state index contributed by atoms with van der Waals surface area (Å²) in [5, 5.41) is 8.88. The number of para-hydroxylation sites is 1. The predicted molar refractivity (Wildman–Crippen MR) is 147 cm³/mol. The van der Waals surface area contributed by atoms with E-state index in [2.05, 4.69) is 0 Å². The molecular weight excluding hydrogens is 518 g/mol. The summed E-state index contributed by atoms with van der Waals surface area (Å²) < 4.78 is 32.3. The highest BCUT2D eigenvalue weighted by Gasteiger charge is 2.41. The third-order valence-electron chi connectivity index (χ3n) is 7.36. The Bertz CT molecular complexity index is 1190. The van der Waals surface area contributed by atoms with Crippen molar-refractivity contribution in [2.45, 2.75) is 32.5 Å². The largest absolute Gasteiger partial charge is 0.459 e. The highest BCUT2D eigenvalue weighted by molar-refractivity contribution is 5.92. The number of rotatable bonds is 13. The monoisotopic (exact) mass is 559 g/mol. The van der Waals surface area contributed by atoms with Crippen LogP contribution < -0.4 is 5.56 Å². The lowest BCUT2D eigenvalue weighted by Crippen LogP contribution is -2.45. The fraction of sp³-hybridized carbons (Fsp3) is 0.586. The van der Waals surface area contributed by atoms with E-state index in [1.807, 2.05) is 55.9 Å². The van der Waals surface area contributed by atoms with E-state index in [-0.39, 0.29) is 36.4 Å². The Labute approximate surface area is 234 Å². The smallest absolute Gasteiger partial charge is 0.288 e. The van der Waals surface area contributed by atoms with Crippen LogP contribution in [0.1, 0.15) is 30.5 Å². The molecule has 0 radical (unpaired) electrons. The van der Waals surface area contributed by atoms with Crippen LogP contribution in [0.4, 0.5) is 0 Å². The third kappa shape index (κ3) is 6.84. The van der Waals surface area contributed by atoms with E-state index in [0.29, 0.717) is 64.7 Å². The lowest BCUT2D eigenvalue weighted by molar-refractivity contribution is -0.173. The Kier molecular flexibility index (Phi) is 11.0. The molecule has 1 amide bonds. The lowest BCUT2D eigenvalue weighted by atomic mass is 9.81. The van der Waals surface area contributed by atoms with Crippen LogP contribution in [-0.4, -0.2) is 97.5 Å². The van der Waals surface area contributed by atoms with Gasteiger partial charge in [-0.15, -0.1) is 0 Å². The van der Waals surface area contributed by atoms with Gasteiger partial charge in [-0.25, -0.2) is 4.68 Å². The molecule has 1 aromatic heterocycles. The summed E-state index contributed by atoms with van der Waals surface area (Å²) in [6.07, 6.45) is 1.59. The molecule has 11 heteroatoms. The molecule has 2 aromatic rings. The van der Waals surface area contributed by atoms with Crippen molar-refractivity contribution in [2.24, 2.45) is 13.0 Å². The minimum absolute atomic E-state index is 0.0358. The molecule has 2 aliphatic rings. The van der Waals surface area contributed by atoms with Crippen molar-refractivity contribution < 1.29 is 33.6 Å². The van der Waals surface area contributed by atoms with Crippen LogP contribution in [0.15, 0.2) is 47.0 Å². The summed E-state index contributed by atoms with van der Waals surface area (Å²) in [5.41, 5.74) is 2.01. The van der Waals surface area contributed by atoms with Crippen molar-refractivity contribution in [2.75, 3.05) is 65.9 Å². The summed E-state index contributed by atoms with van der Waals surface area (Å²) >= 11 is 0. The van der Waals surface area contributed by atoms with Gasteiger partial charge in [-0.05, 0) is 38.5 Å². The zero-order chi connectivity index (χ0) is 28.5. The molecule has 1 N–H and O–H groups in total. The lowest BCUT2D eigenvalue weighted by Gasteiger charge is -2.38. The van der Waals surface area contributed by atoms with Crippen LogP contribution in [0.5, 0.6) is 0 Å². The number of aliphatic hydroxyl groups is 1. The van der Waals surface area contributed by atoms with Gasteiger partial charge in [-0.2, -0.15) is 0 Å². The van der Waals surface area contributed by atoms with E-state index in [0.717, 1.165) is 11.4 Å². The molecule has 4 rings (SSSR count). The zero-order valence-electron chi connectivity index (χ0n) is 23.6. The molecule has 0 spiro atoms. The van der Waals surface area contributed by atoms with Gasteiger partial charge >= 0.3 is 0 Å². The topological polar surface area (TPSA) is 114 Å². The van der Waals surface area contributed by atoms with Gasteiger partial charge in [-0.1, -0.05) is 18.2 Å². The van der Waals surface area contributed by atoms with Gasteiger partial charge in [-0.3, -0.25) is 14.3 Å². The molecule has 0 unspecified atom stereocenters. The van der Waals surface area contributed by atoms with Crippen molar-refractivity contribution in [1.82, 2.24) is 14.3 Å². The first-order valence-corrected chi connectivity index (χ1v) is 13.9. The number of allylic oxidation sites excluding steroid dienone is 1. The number of amides is 1. The minimum atomic E-state index is -0.738. The molecule has 220 valence electrons.